The van der Waals surface area contributed by atoms with Gasteiger partial charge in [-0.3, -0.25) is 9.59 Å². The first-order valence-corrected chi connectivity index (χ1v) is 7.33. The number of carboxylic acid groups (broad SMARTS) is 1. The fourth-order valence-corrected chi connectivity index (χ4v) is 2.47. The predicted molar refractivity (Wildman–Crippen MR) is 74.1 cm³/mol. The molecule has 114 valence electrons. The third-order valence-corrected chi connectivity index (χ3v) is 3.61. The molecule has 0 aromatic rings. The number of carbonyl (C=O) groups excluding carboxylic acids is 2. The molecule has 2 atom stereocenters. The standard InChI is InChI=1S/C14H24N2O4/c1-3-7-12(17)16-9-6-5-8-11(16)13(18)15-10(4-2)14(19)20/h10-11H,3-9H2,1-2H3,(H,15,18)(H,19,20). The number of nitrogens with zero attached hydrogens (tertiary/aromatic N) is 1. The van der Waals surface area contributed by atoms with Crippen LogP contribution in [0.2, 0.25) is 0 Å². The number of hydrogen-bond donors (Lipinski definition) is 2. The van der Waals surface area contributed by atoms with Gasteiger partial charge in [0.2, 0.25) is 11.8 Å². The summed E-state index contributed by atoms with van der Waals surface area (Å²) in [7, 11) is 0. The number of nitrogens with one attached hydrogen (secondary N) is 1. The Morgan fingerprint density at radius 2 is 2.00 bits per heavy atom. The summed E-state index contributed by atoms with van der Waals surface area (Å²) in [6, 6.07) is -1.40. The van der Waals surface area contributed by atoms with E-state index in [1.807, 2.05) is 6.92 Å². The third-order valence-electron chi connectivity index (χ3n) is 3.61. The second-order valence-corrected chi connectivity index (χ2v) is 5.16. The SMILES string of the molecule is CCCC(=O)N1CCCCC1C(=O)NC(CC)C(=O)O. The van der Waals surface area contributed by atoms with Gasteiger partial charge in [-0.2, -0.15) is 0 Å². The first kappa shape index (κ1) is 16.5. The molecule has 1 heterocycles. The molecule has 0 spiro atoms. The summed E-state index contributed by atoms with van der Waals surface area (Å²) in [6.07, 6.45) is 3.90. The van der Waals surface area contributed by atoms with Crippen LogP contribution in [0.1, 0.15) is 52.4 Å². The van der Waals surface area contributed by atoms with Gasteiger partial charge >= 0.3 is 5.97 Å². The Balaban J connectivity index is 2.71. The number of hydrogen-bond acceptors (Lipinski definition) is 3. The molecular formula is C14H24N2O4. The van der Waals surface area contributed by atoms with Crippen molar-refractivity contribution in [3.63, 3.8) is 0 Å². The van der Waals surface area contributed by atoms with Gasteiger partial charge in [-0.25, -0.2) is 4.79 Å². The zero-order valence-corrected chi connectivity index (χ0v) is 12.2. The van der Waals surface area contributed by atoms with Crippen LogP contribution in [0.25, 0.3) is 0 Å². The highest BCUT2D eigenvalue weighted by Crippen LogP contribution is 2.19. The minimum absolute atomic E-state index is 0.0178. The summed E-state index contributed by atoms with van der Waals surface area (Å²) in [5, 5.41) is 11.5. The average Bonchev–Trinajstić information content (AvgIpc) is 2.44. The summed E-state index contributed by atoms with van der Waals surface area (Å²) < 4.78 is 0. The number of carboxylic acids is 1. The van der Waals surface area contributed by atoms with E-state index in [4.69, 9.17) is 5.11 Å². The van der Waals surface area contributed by atoms with E-state index in [0.717, 1.165) is 19.3 Å². The molecule has 2 amide bonds. The molecule has 2 unspecified atom stereocenters. The van der Waals surface area contributed by atoms with Crippen LogP contribution in [0, 0.1) is 0 Å². The van der Waals surface area contributed by atoms with Crippen LogP contribution >= 0.6 is 0 Å². The molecule has 0 bridgehead atoms. The molecule has 1 saturated heterocycles. The molecular weight excluding hydrogens is 260 g/mol. The van der Waals surface area contributed by atoms with Gasteiger partial charge in [-0.1, -0.05) is 13.8 Å². The van der Waals surface area contributed by atoms with E-state index in [0.29, 0.717) is 25.8 Å². The molecule has 1 aliphatic rings. The van der Waals surface area contributed by atoms with Crippen LogP contribution in [0.5, 0.6) is 0 Å². The fourth-order valence-electron chi connectivity index (χ4n) is 2.47. The minimum atomic E-state index is -1.04. The quantitative estimate of drug-likeness (QED) is 0.766. The smallest absolute Gasteiger partial charge is 0.326 e. The van der Waals surface area contributed by atoms with E-state index in [9.17, 15) is 14.4 Å². The maximum Gasteiger partial charge on any atom is 0.326 e. The van der Waals surface area contributed by atoms with E-state index >= 15 is 0 Å². The lowest BCUT2D eigenvalue weighted by Gasteiger charge is -2.35. The molecule has 0 aromatic heterocycles. The molecule has 6 heteroatoms. The van der Waals surface area contributed by atoms with E-state index in [1.54, 1.807) is 11.8 Å². The second-order valence-electron chi connectivity index (χ2n) is 5.16. The van der Waals surface area contributed by atoms with E-state index < -0.39 is 18.1 Å². The molecule has 20 heavy (non-hydrogen) atoms. The molecule has 0 radical (unpaired) electrons. The van der Waals surface area contributed by atoms with Crippen LogP contribution < -0.4 is 5.32 Å². The Hall–Kier alpha value is -1.59. The average molecular weight is 284 g/mol. The molecule has 1 fully saturated rings. The van der Waals surface area contributed by atoms with Gasteiger partial charge in [0.05, 0.1) is 0 Å². The van der Waals surface area contributed by atoms with Gasteiger partial charge < -0.3 is 15.3 Å². The first-order chi connectivity index (χ1) is 9.51. The number of piperidine rings is 1. The Kier molecular flexibility index (Phi) is 6.48. The lowest BCUT2D eigenvalue weighted by atomic mass is 10.00. The van der Waals surface area contributed by atoms with Crippen LogP contribution in [0.4, 0.5) is 0 Å². The Bertz CT molecular complexity index is 370. The first-order valence-electron chi connectivity index (χ1n) is 7.33. The summed E-state index contributed by atoms with van der Waals surface area (Å²) >= 11 is 0. The Morgan fingerprint density at radius 3 is 2.55 bits per heavy atom. The van der Waals surface area contributed by atoms with Crippen LogP contribution in [-0.2, 0) is 14.4 Å². The summed E-state index contributed by atoms with van der Waals surface area (Å²) in [5.74, 6) is -1.40. The van der Waals surface area contributed by atoms with Gasteiger partial charge in [0.15, 0.2) is 0 Å². The number of amides is 2. The number of carbonyl (C=O) groups is 3. The maximum atomic E-state index is 12.2. The van der Waals surface area contributed by atoms with E-state index in [2.05, 4.69) is 5.32 Å². The second kappa shape index (κ2) is 7.87. The van der Waals surface area contributed by atoms with Crippen molar-refractivity contribution in [2.75, 3.05) is 6.54 Å². The minimum Gasteiger partial charge on any atom is -0.480 e. The van der Waals surface area contributed by atoms with Crippen molar-refractivity contribution in [1.82, 2.24) is 10.2 Å². The summed E-state index contributed by atoms with van der Waals surface area (Å²) in [5.41, 5.74) is 0. The maximum absolute atomic E-state index is 12.2. The van der Waals surface area contributed by atoms with Crippen molar-refractivity contribution < 1.29 is 19.5 Å². The van der Waals surface area contributed by atoms with Crippen LogP contribution in [0.15, 0.2) is 0 Å². The van der Waals surface area contributed by atoms with Gasteiger partial charge in [0.1, 0.15) is 12.1 Å². The zero-order valence-electron chi connectivity index (χ0n) is 12.2. The summed E-state index contributed by atoms with van der Waals surface area (Å²) in [4.78, 5) is 36.8. The van der Waals surface area contributed by atoms with Crippen molar-refractivity contribution in [2.24, 2.45) is 0 Å². The topological polar surface area (TPSA) is 86.7 Å². The van der Waals surface area contributed by atoms with Gasteiger partial charge in [-0.15, -0.1) is 0 Å². The lowest BCUT2D eigenvalue weighted by molar-refractivity contribution is -0.145. The summed E-state index contributed by atoms with van der Waals surface area (Å²) in [6.45, 7) is 4.22. The Labute approximate surface area is 119 Å². The number of rotatable bonds is 6. The molecule has 6 nitrogen and oxygen atoms in total. The normalized spacial score (nSPS) is 20.3. The van der Waals surface area contributed by atoms with Crippen LogP contribution in [-0.4, -0.2) is 46.4 Å². The number of aliphatic carboxylic acids is 1. The highest BCUT2D eigenvalue weighted by molar-refractivity contribution is 5.90. The molecule has 0 aliphatic carbocycles. The number of likely N-dealkylation sites (tertiary alicyclic amines) is 1. The highest BCUT2D eigenvalue weighted by atomic mass is 16.4. The van der Waals surface area contributed by atoms with Crippen molar-refractivity contribution in [3.05, 3.63) is 0 Å². The molecule has 1 aliphatic heterocycles. The van der Waals surface area contributed by atoms with Crippen molar-refractivity contribution in [1.29, 1.82) is 0 Å². The highest BCUT2D eigenvalue weighted by Gasteiger charge is 2.33. The lowest BCUT2D eigenvalue weighted by Crippen LogP contribution is -2.54. The predicted octanol–water partition coefficient (Wildman–Crippen LogP) is 1.15. The molecule has 0 aromatic carbocycles. The van der Waals surface area contributed by atoms with Crippen molar-refractivity contribution >= 4 is 17.8 Å². The van der Waals surface area contributed by atoms with Crippen molar-refractivity contribution in [2.45, 2.75) is 64.5 Å². The van der Waals surface area contributed by atoms with Gasteiger partial charge in [-0.05, 0) is 32.1 Å². The van der Waals surface area contributed by atoms with E-state index in [-0.39, 0.29) is 11.8 Å². The monoisotopic (exact) mass is 284 g/mol. The molecule has 0 saturated carbocycles. The fraction of sp³-hybridized carbons (Fsp3) is 0.786. The largest absolute Gasteiger partial charge is 0.480 e. The zero-order chi connectivity index (χ0) is 15.1. The van der Waals surface area contributed by atoms with E-state index in [1.165, 1.54) is 0 Å². The Morgan fingerprint density at radius 1 is 1.30 bits per heavy atom. The van der Waals surface area contributed by atoms with Gasteiger partial charge in [0.25, 0.3) is 0 Å². The molecule has 1 rings (SSSR count). The van der Waals surface area contributed by atoms with Gasteiger partial charge in [0, 0.05) is 13.0 Å². The molecule has 2 N–H and O–H groups in total. The van der Waals surface area contributed by atoms with Crippen molar-refractivity contribution in [3.8, 4) is 0 Å². The van der Waals surface area contributed by atoms with Crippen LogP contribution in [0.3, 0.4) is 0 Å². The third kappa shape index (κ3) is 4.21.